The van der Waals surface area contributed by atoms with Crippen LogP contribution in [0.2, 0.25) is 0 Å². The number of thioether (sulfide) groups is 1. The van der Waals surface area contributed by atoms with Crippen molar-refractivity contribution < 1.29 is 14.4 Å². The summed E-state index contributed by atoms with van der Waals surface area (Å²) in [5.41, 5.74) is 0. The third kappa shape index (κ3) is 4.21. The largest absolute Gasteiger partial charge is 0.302 e. The predicted octanol–water partition coefficient (Wildman–Crippen LogP) is 0.332. The number of thiol groups is 1. The second-order valence-corrected chi connectivity index (χ2v) is 3.43. The molecule has 0 spiro atoms. The molecular formula is C6H8O3S2. The fourth-order valence-electron chi connectivity index (χ4n) is 0.438. The number of aldehydes is 1. The van der Waals surface area contributed by atoms with Crippen molar-refractivity contribution in [2.75, 3.05) is 5.75 Å². The SMILES string of the molecule is CC(=O)SC(C=O)C(=O)CS. The van der Waals surface area contributed by atoms with Gasteiger partial charge < -0.3 is 4.79 Å². The first-order chi connectivity index (χ1) is 5.11. The van der Waals surface area contributed by atoms with E-state index in [2.05, 4.69) is 12.6 Å². The van der Waals surface area contributed by atoms with Gasteiger partial charge in [-0.3, -0.25) is 9.59 Å². The number of rotatable bonds is 4. The molecule has 1 atom stereocenters. The molecule has 0 aliphatic heterocycles. The van der Waals surface area contributed by atoms with Crippen molar-refractivity contribution in [1.82, 2.24) is 0 Å². The van der Waals surface area contributed by atoms with Gasteiger partial charge in [0, 0.05) is 6.92 Å². The third-order valence-electron chi connectivity index (χ3n) is 0.890. The monoisotopic (exact) mass is 192 g/mol. The summed E-state index contributed by atoms with van der Waals surface area (Å²) in [6.07, 6.45) is 0.463. The van der Waals surface area contributed by atoms with E-state index in [9.17, 15) is 14.4 Å². The highest BCUT2D eigenvalue weighted by Crippen LogP contribution is 2.10. The van der Waals surface area contributed by atoms with Gasteiger partial charge >= 0.3 is 0 Å². The standard InChI is InChI=1S/C6H8O3S2/c1-4(8)11-6(2-7)5(9)3-10/h2,6,10H,3H2,1H3. The lowest BCUT2D eigenvalue weighted by Gasteiger charge is -2.02. The molecule has 5 heteroatoms. The molecule has 0 aliphatic carbocycles. The van der Waals surface area contributed by atoms with Crippen molar-refractivity contribution in [3.8, 4) is 0 Å². The van der Waals surface area contributed by atoms with E-state index < -0.39 is 5.25 Å². The summed E-state index contributed by atoms with van der Waals surface area (Å²) in [6.45, 7) is 1.31. The van der Waals surface area contributed by atoms with Crippen molar-refractivity contribution in [2.24, 2.45) is 0 Å². The highest BCUT2D eigenvalue weighted by Gasteiger charge is 2.18. The van der Waals surface area contributed by atoms with Crippen LogP contribution in [0.1, 0.15) is 6.92 Å². The summed E-state index contributed by atoms with van der Waals surface area (Å²) in [6, 6.07) is 0. The van der Waals surface area contributed by atoms with Gasteiger partial charge in [0.25, 0.3) is 0 Å². The maximum Gasteiger partial charge on any atom is 0.186 e. The van der Waals surface area contributed by atoms with E-state index in [1.165, 1.54) is 6.92 Å². The summed E-state index contributed by atoms with van der Waals surface area (Å²) in [4.78, 5) is 31.5. The molecule has 0 saturated heterocycles. The topological polar surface area (TPSA) is 51.2 Å². The van der Waals surface area contributed by atoms with Crippen LogP contribution in [-0.4, -0.2) is 28.2 Å². The van der Waals surface area contributed by atoms with E-state index in [-0.39, 0.29) is 16.7 Å². The van der Waals surface area contributed by atoms with Crippen LogP contribution in [0, 0.1) is 0 Å². The third-order valence-corrected chi connectivity index (χ3v) is 2.16. The summed E-state index contributed by atoms with van der Waals surface area (Å²) < 4.78 is 0. The smallest absolute Gasteiger partial charge is 0.186 e. The Morgan fingerprint density at radius 1 is 1.64 bits per heavy atom. The molecule has 0 N–H and O–H groups in total. The fourth-order valence-corrected chi connectivity index (χ4v) is 1.39. The molecule has 0 fully saturated rings. The molecule has 0 aliphatic rings. The van der Waals surface area contributed by atoms with Gasteiger partial charge in [-0.15, -0.1) is 0 Å². The molecule has 0 saturated carbocycles. The highest BCUT2D eigenvalue weighted by molar-refractivity contribution is 8.15. The zero-order valence-corrected chi connectivity index (χ0v) is 7.65. The Balaban J connectivity index is 4.05. The predicted molar refractivity (Wildman–Crippen MR) is 47.0 cm³/mol. The summed E-state index contributed by atoms with van der Waals surface area (Å²) >= 11 is 4.42. The van der Waals surface area contributed by atoms with E-state index in [1.54, 1.807) is 0 Å². The second-order valence-electron chi connectivity index (χ2n) is 1.79. The van der Waals surface area contributed by atoms with Gasteiger partial charge in [-0.05, 0) is 0 Å². The second kappa shape index (κ2) is 5.37. The molecule has 0 aromatic carbocycles. The fraction of sp³-hybridized carbons (Fsp3) is 0.500. The number of carbonyl (C=O) groups excluding carboxylic acids is 3. The van der Waals surface area contributed by atoms with Crippen molar-refractivity contribution in [2.45, 2.75) is 12.2 Å². The van der Waals surface area contributed by atoms with Gasteiger partial charge in [0.1, 0.15) is 11.5 Å². The minimum Gasteiger partial charge on any atom is -0.302 e. The van der Waals surface area contributed by atoms with E-state index in [1.807, 2.05) is 0 Å². The van der Waals surface area contributed by atoms with Gasteiger partial charge in [-0.1, -0.05) is 11.8 Å². The summed E-state index contributed by atoms with van der Waals surface area (Å²) in [7, 11) is 0. The summed E-state index contributed by atoms with van der Waals surface area (Å²) in [5.74, 6) is -0.340. The van der Waals surface area contributed by atoms with Crippen LogP contribution >= 0.6 is 24.4 Å². The normalized spacial score (nSPS) is 12.2. The molecule has 1 unspecified atom stereocenters. The number of ketones is 1. The first-order valence-electron chi connectivity index (χ1n) is 2.88. The average molecular weight is 192 g/mol. The summed E-state index contributed by atoms with van der Waals surface area (Å²) in [5, 5.41) is -1.11. The van der Waals surface area contributed by atoms with Crippen molar-refractivity contribution in [1.29, 1.82) is 0 Å². The lowest BCUT2D eigenvalue weighted by molar-refractivity contribution is -0.120. The van der Waals surface area contributed by atoms with E-state index >= 15 is 0 Å². The molecule has 3 nitrogen and oxygen atoms in total. The molecule has 0 radical (unpaired) electrons. The van der Waals surface area contributed by atoms with Crippen LogP contribution in [0.25, 0.3) is 0 Å². The molecule has 0 heterocycles. The van der Waals surface area contributed by atoms with E-state index in [0.29, 0.717) is 6.29 Å². The Bertz CT molecular complexity index is 179. The number of carbonyl (C=O) groups is 3. The van der Waals surface area contributed by atoms with Gasteiger partial charge in [0.2, 0.25) is 0 Å². The molecule has 11 heavy (non-hydrogen) atoms. The molecule has 0 amide bonds. The van der Waals surface area contributed by atoms with Gasteiger partial charge in [-0.25, -0.2) is 0 Å². The Labute approximate surface area is 74.3 Å². The van der Waals surface area contributed by atoms with Crippen LogP contribution in [0.4, 0.5) is 0 Å². The van der Waals surface area contributed by atoms with Crippen LogP contribution in [0.3, 0.4) is 0 Å². The van der Waals surface area contributed by atoms with Crippen LogP contribution in [0.5, 0.6) is 0 Å². The minimum atomic E-state index is -0.870. The van der Waals surface area contributed by atoms with Crippen LogP contribution in [-0.2, 0) is 14.4 Å². The Kier molecular flexibility index (Phi) is 5.23. The lowest BCUT2D eigenvalue weighted by atomic mass is 10.3. The minimum absolute atomic E-state index is 0.0102. The first-order valence-corrected chi connectivity index (χ1v) is 4.39. The first kappa shape index (κ1) is 10.7. The zero-order chi connectivity index (χ0) is 8.85. The molecular weight excluding hydrogens is 184 g/mol. The molecule has 0 rings (SSSR count). The van der Waals surface area contributed by atoms with Gasteiger partial charge in [-0.2, -0.15) is 12.6 Å². The van der Waals surface area contributed by atoms with Crippen molar-refractivity contribution in [3.05, 3.63) is 0 Å². The molecule has 62 valence electrons. The maximum absolute atomic E-state index is 10.8. The van der Waals surface area contributed by atoms with E-state index in [0.717, 1.165) is 11.8 Å². The number of hydrogen-bond acceptors (Lipinski definition) is 5. The molecule has 0 aromatic rings. The highest BCUT2D eigenvalue weighted by atomic mass is 32.2. The van der Waals surface area contributed by atoms with Gasteiger partial charge in [0.15, 0.2) is 10.9 Å². The van der Waals surface area contributed by atoms with Gasteiger partial charge in [0.05, 0.1) is 5.75 Å². The van der Waals surface area contributed by atoms with Crippen LogP contribution < -0.4 is 0 Å². The average Bonchev–Trinajstić information content (AvgIpc) is 1.98. The molecule has 0 aromatic heterocycles. The Morgan fingerprint density at radius 2 is 2.18 bits per heavy atom. The van der Waals surface area contributed by atoms with Crippen molar-refractivity contribution >= 4 is 41.6 Å². The number of Topliss-reactive ketones (excluding diaryl/α,β-unsaturated/α-hetero) is 1. The lowest BCUT2D eigenvalue weighted by Crippen LogP contribution is -2.21. The Hall–Kier alpha value is -0.290. The zero-order valence-electron chi connectivity index (χ0n) is 5.94. The maximum atomic E-state index is 10.8. The molecule has 0 bridgehead atoms. The van der Waals surface area contributed by atoms with E-state index in [4.69, 9.17) is 0 Å². The quantitative estimate of drug-likeness (QED) is 0.396. The number of hydrogen-bond donors (Lipinski definition) is 1. The Morgan fingerprint density at radius 3 is 2.45 bits per heavy atom. The van der Waals surface area contributed by atoms with Crippen molar-refractivity contribution in [3.63, 3.8) is 0 Å². The van der Waals surface area contributed by atoms with Crippen LogP contribution in [0.15, 0.2) is 0 Å².